The molecule has 1 aromatic rings. The Hall–Kier alpha value is -0.920. The Kier molecular flexibility index (Phi) is 3.13. The lowest BCUT2D eigenvalue weighted by atomic mass is 9.78. The maximum absolute atomic E-state index is 12.8. The van der Waals surface area contributed by atoms with Gasteiger partial charge in [0, 0.05) is 0 Å². The van der Waals surface area contributed by atoms with Gasteiger partial charge in [-0.3, -0.25) is 9.59 Å². The number of nitrogens with zero attached hydrogens (tertiary/aromatic N) is 1. The Morgan fingerprint density at radius 3 is 2.86 bits per heavy atom. The average Bonchev–Trinajstić information content (AvgIpc) is 2.87. The summed E-state index contributed by atoms with van der Waals surface area (Å²) < 4.78 is 6.83. The van der Waals surface area contributed by atoms with Gasteiger partial charge in [0.15, 0.2) is 0 Å². The molecular weight excluding hydrogens is 356 g/mol. The molecule has 2 saturated heterocycles. The van der Waals surface area contributed by atoms with Crippen LogP contribution in [0.5, 0.6) is 0 Å². The van der Waals surface area contributed by atoms with Gasteiger partial charge in [0.25, 0.3) is 5.91 Å². The lowest BCUT2D eigenvalue weighted by Gasteiger charge is -2.52. The van der Waals surface area contributed by atoms with E-state index in [-0.39, 0.29) is 17.4 Å². The summed E-state index contributed by atoms with van der Waals surface area (Å²) in [6.45, 7) is 0.864. The summed E-state index contributed by atoms with van der Waals surface area (Å²) in [5, 5.41) is 4.74. The second-order valence-electron chi connectivity index (χ2n) is 5.96. The van der Waals surface area contributed by atoms with E-state index in [0.29, 0.717) is 13.2 Å². The average molecular weight is 371 g/mol. The quantitative estimate of drug-likeness (QED) is 0.820. The number of carbonyl (C=O) groups is 2. The van der Waals surface area contributed by atoms with Crippen LogP contribution in [0.1, 0.15) is 30.9 Å². The molecular formula is C14H15BrN2O3S. The van der Waals surface area contributed by atoms with E-state index in [1.165, 1.54) is 11.3 Å². The van der Waals surface area contributed by atoms with Crippen molar-refractivity contribution in [2.75, 3.05) is 13.2 Å². The minimum atomic E-state index is -0.563. The Labute approximate surface area is 134 Å². The fourth-order valence-corrected chi connectivity index (χ4v) is 4.50. The van der Waals surface area contributed by atoms with Crippen LogP contribution in [-0.4, -0.2) is 41.5 Å². The van der Waals surface area contributed by atoms with Crippen LogP contribution in [0.4, 0.5) is 0 Å². The van der Waals surface area contributed by atoms with Gasteiger partial charge in [0.1, 0.15) is 12.1 Å². The molecule has 2 aliphatic heterocycles. The third kappa shape index (κ3) is 2.13. The van der Waals surface area contributed by atoms with Crippen LogP contribution in [0.2, 0.25) is 0 Å². The maximum atomic E-state index is 12.8. The fraction of sp³-hybridized carbons (Fsp3) is 0.571. The van der Waals surface area contributed by atoms with E-state index in [0.717, 1.165) is 28.6 Å². The number of amides is 2. The summed E-state index contributed by atoms with van der Waals surface area (Å²) in [6.07, 6.45) is 3.11. The predicted molar refractivity (Wildman–Crippen MR) is 80.9 cm³/mol. The highest BCUT2D eigenvalue weighted by Gasteiger charge is 2.51. The summed E-state index contributed by atoms with van der Waals surface area (Å²) in [6, 6.07) is 0.863. The smallest absolute Gasteiger partial charge is 0.250 e. The number of rotatable bonds is 1. The van der Waals surface area contributed by atoms with Crippen molar-refractivity contribution >= 4 is 39.1 Å². The van der Waals surface area contributed by atoms with Gasteiger partial charge in [-0.05, 0) is 52.2 Å². The second kappa shape index (κ2) is 4.79. The molecule has 0 radical (unpaired) electrons. The number of carbonyl (C=O) groups excluding carboxylic acids is 2. The highest BCUT2D eigenvalue weighted by atomic mass is 79.9. The van der Waals surface area contributed by atoms with Crippen molar-refractivity contribution < 1.29 is 14.3 Å². The highest BCUT2D eigenvalue weighted by Crippen LogP contribution is 2.41. The highest BCUT2D eigenvalue weighted by molar-refractivity contribution is 9.11. The number of halogens is 1. The number of thiophene rings is 1. The lowest BCUT2D eigenvalue weighted by Crippen LogP contribution is -2.69. The third-order valence-electron chi connectivity index (χ3n) is 4.69. The van der Waals surface area contributed by atoms with Crippen LogP contribution in [0.3, 0.4) is 0 Å². The predicted octanol–water partition coefficient (Wildman–Crippen LogP) is 1.83. The second-order valence-corrected chi connectivity index (χ2v) is 8.25. The summed E-state index contributed by atoms with van der Waals surface area (Å²) in [4.78, 5) is 26.8. The Bertz CT molecular complexity index is 613. The molecule has 21 heavy (non-hydrogen) atoms. The minimum Gasteiger partial charge on any atom is -0.370 e. The molecule has 2 amide bonds. The van der Waals surface area contributed by atoms with E-state index in [2.05, 4.69) is 21.2 Å². The van der Waals surface area contributed by atoms with Crippen LogP contribution in [-0.2, 0) is 14.3 Å². The standard InChI is InChI=1S/C14H15BrN2O3S/c15-10-4-8(6-21-10)11-13(19)17-7-14(2-1-3-14)20-5-9(17)12(18)16-11/h4,6,9,11H,1-3,5,7H2,(H,16,18). The molecule has 0 bridgehead atoms. The zero-order valence-corrected chi connectivity index (χ0v) is 13.7. The van der Waals surface area contributed by atoms with E-state index in [9.17, 15) is 9.59 Å². The molecule has 2 atom stereocenters. The normalized spacial score (nSPS) is 30.8. The Morgan fingerprint density at radius 1 is 1.43 bits per heavy atom. The fourth-order valence-electron chi connectivity index (χ4n) is 3.30. The van der Waals surface area contributed by atoms with Crippen molar-refractivity contribution in [3.8, 4) is 0 Å². The van der Waals surface area contributed by atoms with Gasteiger partial charge >= 0.3 is 0 Å². The van der Waals surface area contributed by atoms with Crippen molar-refractivity contribution in [3.05, 3.63) is 20.8 Å². The molecule has 1 aliphatic carbocycles. The molecule has 1 N–H and O–H groups in total. The van der Waals surface area contributed by atoms with Gasteiger partial charge in [0.2, 0.25) is 5.91 Å². The zero-order valence-electron chi connectivity index (χ0n) is 11.3. The molecule has 4 rings (SSSR count). The Balaban J connectivity index is 1.62. The SMILES string of the molecule is O=C1NC(c2csc(Br)c2)C(=O)N2CC3(CCC3)OCC12. The number of ether oxygens (including phenoxy) is 1. The molecule has 5 nitrogen and oxygen atoms in total. The van der Waals surface area contributed by atoms with Crippen molar-refractivity contribution in [2.24, 2.45) is 0 Å². The van der Waals surface area contributed by atoms with Crippen molar-refractivity contribution in [1.82, 2.24) is 10.2 Å². The summed E-state index contributed by atoms with van der Waals surface area (Å²) in [5.41, 5.74) is 0.654. The van der Waals surface area contributed by atoms with E-state index in [4.69, 9.17) is 4.74 Å². The van der Waals surface area contributed by atoms with E-state index in [1.54, 1.807) is 4.90 Å². The monoisotopic (exact) mass is 370 g/mol. The van der Waals surface area contributed by atoms with Gasteiger partial charge in [-0.2, -0.15) is 0 Å². The van der Waals surface area contributed by atoms with Gasteiger partial charge in [-0.15, -0.1) is 11.3 Å². The van der Waals surface area contributed by atoms with Crippen LogP contribution < -0.4 is 5.32 Å². The molecule has 2 unspecified atom stereocenters. The number of hydrogen-bond donors (Lipinski definition) is 1. The molecule has 1 saturated carbocycles. The van der Waals surface area contributed by atoms with Crippen molar-refractivity contribution in [1.29, 1.82) is 0 Å². The first-order valence-electron chi connectivity index (χ1n) is 7.07. The van der Waals surface area contributed by atoms with E-state index >= 15 is 0 Å². The van der Waals surface area contributed by atoms with Crippen LogP contribution in [0.25, 0.3) is 0 Å². The number of piperazine rings is 1. The summed E-state index contributed by atoms with van der Waals surface area (Å²) in [5.74, 6) is -0.129. The minimum absolute atomic E-state index is 0.0144. The van der Waals surface area contributed by atoms with Gasteiger partial charge in [0.05, 0.1) is 22.5 Å². The van der Waals surface area contributed by atoms with E-state index < -0.39 is 12.1 Å². The maximum Gasteiger partial charge on any atom is 0.250 e. The molecule has 7 heteroatoms. The first kappa shape index (κ1) is 13.7. The molecule has 3 fully saturated rings. The molecule has 0 aromatic carbocycles. The number of nitrogens with one attached hydrogen (secondary N) is 1. The first-order valence-corrected chi connectivity index (χ1v) is 8.74. The molecule has 1 aromatic heterocycles. The largest absolute Gasteiger partial charge is 0.370 e. The van der Waals surface area contributed by atoms with Gasteiger partial charge in [-0.1, -0.05) is 0 Å². The molecule has 112 valence electrons. The molecule has 1 spiro atoms. The van der Waals surface area contributed by atoms with Crippen LogP contribution >= 0.6 is 27.3 Å². The summed E-state index contributed by atoms with van der Waals surface area (Å²) in [7, 11) is 0. The Morgan fingerprint density at radius 2 is 2.24 bits per heavy atom. The first-order chi connectivity index (χ1) is 10.1. The van der Waals surface area contributed by atoms with Gasteiger partial charge < -0.3 is 15.0 Å². The lowest BCUT2D eigenvalue weighted by molar-refractivity contribution is -0.192. The van der Waals surface area contributed by atoms with Crippen LogP contribution in [0, 0.1) is 0 Å². The zero-order chi connectivity index (χ0) is 14.6. The summed E-state index contributed by atoms with van der Waals surface area (Å²) >= 11 is 4.92. The number of fused-ring (bicyclic) bond motifs is 1. The molecule has 3 aliphatic rings. The van der Waals surface area contributed by atoms with Crippen molar-refractivity contribution in [3.63, 3.8) is 0 Å². The number of hydrogen-bond acceptors (Lipinski definition) is 4. The van der Waals surface area contributed by atoms with Gasteiger partial charge in [-0.25, -0.2) is 0 Å². The van der Waals surface area contributed by atoms with Crippen LogP contribution in [0.15, 0.2) is 15.2 Å². The van der Waals surface area contributed by atoms with Crippen molar-refractivity contribution in [2.45, 2.75) is 36.9 Å². The third-order valence-corrected chi connectivity index (χ3v) is 6.21. The molecule has 3 heterocycles. The topological polar surface area (TPSA) is 58.6 Å². The van der Waals surface area contributed by atoms with E-state index in [1.807, 2.05) is 11.4 Å². The number of morpholine rings is 1.